The van der Waals surface area contributed by atoms with Gasteiger partial charge in [0.1, 0.15) is 4.70 Å². The van der Waals surface area contributed by atoms with Crippen molar-refractivity contribution in [2.75, 3.05) is 12.9 Å². The van der Waals surface area contributed by atoms with Crippen molar-refractivity contribution in [2.45, 2.75) is 34.1 Å². The number of nitrogens with one attached hydrogen (secondary N) is 1. The van der Waals surface area contributed by atoms with Gasteiger partial charge in [-0.05, 0) is 60.0 Å². The Labute approximate surface area is 182 Å². The molecule has 0 aliphatic rings. The molecular formula is C24H31ClN2OS. The van der Waals surface area contributed by atoms with Crippen LogP contribution in [-0.4, -0.2) is 17.9 Å². The Hall–Kier alpha value is -2.14. The van der Waals surface area contributed by atoms with Gasteiger partial charge in [0.15, 0.2) is 0 Å². The van der Waals surface area contributed by atoms with Crippen LogP contribution in [0.5, 0.6) is 0 Å². The second-order valence-corrected chi connectivity index (χ2v) is 7.24. The number of alkyl halides is 1. The van der Waals surface area contributed by atoms with Crippen LogP contribution in [0.3, 0.4) is 0 Å². The van der Waals surface area contributed by atoms with Crippen LogP contribution in [0.4, 0.5) is 0 Å². The summed E-state index contributed by atoms with van der Waals surface area (Å²) in [6.07, 6.45) is 4.98. The molecule has 1 aromatic carbocycles. The Morgan fingerprint density at radius 3 is 2.45 bits per heavy atom. The topological polar surface area (TPSA) is 58.9 Å². The first-order valence-corrected chi connectivity index (χ1v) is 10.9. The molecule has 0 amide bonds. The maximum atomic E-state index is 12.4. The average Bonchev–Trinajstić information content (AvgIpc) is 3.22. The Bertz CT molecular complexity index is 1030. The highest BCUT2D eigenvalue weighted by atomic mass is 35.5. The molecule has 29 heavy (non-hydrogen) atoms. The van der Waals surface area contributed by atoms with Gasteiger partial charge in [0, 0.05) is 23.0 Å². The molecule has 2 heterocycles. The number of pyridine rings is 1. The van der Waals surface area contributed by atoms with Crippen molar-refractivity contribution in [1.82, 2.24) is 4.98 Å². The quantitative estimate of drug-likeness (QED) is 0.363. The first-order chi connectivity index (χ1) is 13.6. The van der Waals surface area contributed by atoms with E-state index in [1.165, 1.54) is 23.3 Å². The average molecular weight is 431 g/mol. The molecular weight excluding hydrogens is 400 g/mol. The van der Waals surface area contributed by atoms with Crippen molar-refractivity contribution >= 4 is 38.6 Å². The number of benzene rings is 1. The monoisotopic (exact) mass is 430 g/mol. The largest absolute Gasteiger partial charge is 0.330 e. The molecule has 3 N–H and O–H groups in total. The SMILES string of the molecule is C.C=C/C(C)=C(/c1ccc(CCN)cc1)c1c(CC)[nH]c(=O)c2sccc12.CCl. The number of aryl methyl sites for hydroxylation is 1. The second-order valence-electron chi connectivity index (χ2n) is 6.32. The van der Waals surface area contributed by atoms with Gasteiger partial charge in [-0.25, -0.2) is 0 Å². The molecule has 2 aromatic heterocycles. The zero-order valence-corrected chi connectivity index (χ0v) is 18.2. The highest BCUT2D eigenvalue weighted by molar-refractivity contribution is 7.17. The van der Waals surface area contributed by atoms with Crippen molar-refractivity contribution in [2.24, 2.45) is 5.73 Å². The third kappa shape index (κ3) is 5.27. The summed E-state index contributed by atoms with van der Waals surface area (Å²) in [4.78, 5) is 15.5. The molecule has 0 aliphatic heterocycles. The van der Waals surface area contributed by atoms with E-state index >= 15 is 0 Å². The molecule has 156 valence electrons. The number of allylic oxidation sites excluding steroid dienone is 2. The third-order valence-electron chi connectivity index (χ3n) is 4.69. The van der Waals surface area contributed by atoms with Crippen molar-refractivity contribution in [3.8, 4) is 0 Å². The zero-order chi connectivity index (χ0) is 20.7. The number of aromatic nitrogens is 1. The fourth-order valence-corrected chi connectivity index (χ4v) is 4.12. The van der Waals surface area contributed by atoms with Crippen LogP contribution in [0.15, 0.2) is 58.7 Å². The number of nitrogens with two attached hydrogens (primary N) is 1. The molecule has 3 aromatic rings. The lowest BCUT2D eigenvalue weighted by Crippen LogP contribution is -2.11. The standard InChI is InChI=1S/C22H24N2OS.CH3Cl.CH4/c1-4-14(3)19(16-8-6-15(7-9-16)10-12-23)20-17-11-13-26-21(17)22(25)24-18(20)5-2;1-2;/h4,6-9,11,13H,1,5,10,12,23H2,2-3H3,(H,24,25);1H3;1H4/b19-14-;;. The molecule has 0 saturated heterocycles. The lowest BCUT2D eigenvalue weighted by atomic mass is 9.89. The second kappa shape index (κ2) is 11.8. The number of hydrogen-bond acceptors (Lipinski definition) is 3. The van der Waals surface area contributed by atoms with Crippen LogP contribution in [0.1, 0.15) is 43.7 Å². The molecule has 0 bridgehead atoms. The minimum atomic E-state index is -0.00972. The molecule has 0 spiro atoms. The first-order valence-electron chi connectivity index (χ1n) is 9.23. The molecule has 0 aliphatic carbocycles. The summed E-state index contributed by atoms with van der Waals surface area (Å²) >= 11 is 6.12. The molecule has 3 nitrogen and oxygen atoms in total. The minimum absolute atomic E-state index is 0. The number of fused-ring (bicyclic) bond motifs is 1. The summed E-state index contributed by atoms with van der Waals surface area (Å²) in [5.41, 5.74) is 12.3. The van der Waals surface area contributed by atoms with E-state index in [2.05, 4.69) is 61.3 Å². The smallest absolute Gasteiger partial charge is 0.266 e. The zero-order valence-electron chi connectivity index (χ0n) is 16.6. The summed E-state index contributed by atoms with van der Waals surface area (Å²) in [5.74, 6) is 0. The van der Waals surface area contributed by atoms with Gasteiger partial charge >= 0.3 is 0 Å². The maximum absolute atomic E-state index is 12.4. The predicted molar refractivity (Wildman–Crippen MR) is 131 cm³/mol. The molecule has 3 rings (SSSR count). The minimum Gasteiger partial charge on any atom is -0.330 e. The van der Waals surface area contributed by atoms with Gasteiger partial charge in [-0.15, -0.1) is 22.9 Å². The molecule has 0 atom stereocenters. The lowest BCUT2D eigenvalue weighted by molar-refractivity contribution is 0.968. The van der Waals surface area contributed by atoms with Gasteiger partial charge in [-0.2, -0.15) is 0 Å². The van der Waals surface area contributed by atoms with Crippen LogP contribution in [0.25, 0.3) is 15.7 Å². The van der Waals surface area contributed by atoms with Crippen LogP contribution in [-0.2, 0) is 12.8 Å². The highest BCUT2D eigenvalue weighted by Gasteiger charge is 2.18. The van der Waals surface area contributed by atoms with Crippen molar-refractivity contribution in [3.05, 3.63) is 86.7 Å². The number of aromatic amines is 1. The van der Waals surface area contributed by atoms with Crippen molar-refractivity contribution in [1.29, 1.82) is 0 Å². The normalized spacial score (nSPS) is 11.2. The number of thiophene rings is 1. The number of halogens is 1. The highest BCUT2D eigenvalue weighted by Crippen LogP contribution is 2.35. The molecule has 0 saturated carbocycles. The number of hydrogen-bond donors (Lipinski definition) is 2. The molecule has 0 unspecified atom stereocenters. The van der Waals surface area contributed by atoms with E-state index in [9.17, 15) is 4.79 Å². The van der Waals surface area contributed by atoms with Crippen molar-refractivity contribution in [3.63, 3.8) is 0 Å². The van der Waals surface area contributed by atoms with Crippen LogP contribution < -0.4 is 11.3 Å². The lowest BCUT2D eigenvalue weighted by Gasteiger charge is -2.17. The Kier molecular flexibility index (Phi) is 10.1. The van der Waals surface area contributed by atoms with E-state index in [0.717, 1.165) is 50.9 Å². The van der Waals surface area contributed by atoms with Crippen molar-refractivity contribution < 1.29 is 0 Å². The van der Waals surface area contributed by atoms with Gasteiger partial charge in [0.2, 0.25) is 0 Å². The fraction of sp³-hybridized carbons (Fsp3) is 0.292. The van der Waals surface area contributed by atoms with Crippen LogP contribution in [0, 0.1) is 0 Å². The van der Waals surface area contributed by atoms with E-state index in [-0.39, 0.29) is 13.0 Å². The summed E-state index contributed by atoms with van der Waals surface area (Å²) < 4.78 is 0.770. The van der Waals surface area contributed by atoms with Gasteiger partial charge < -0.3 is 10.7 Å². The number of rotatable bonds is 6. The van der Waals surface area contributed by atoms with E-state index in [1.54, 1.807) is 0 Å². The Morgan fingerprint density at radius 2 is 1.90 bits per heavy atom. The summed E-state index contributed by atoms with van der Waals surface area (Å²) in [6.45, 7) is 8.75. The summed E-state index contributed by atoms with van der Waals surface area (Å²) in [5, 5.41) is 2.99. The molecule has 0 radical (unpaired) electrons. The van der Waals surface area contributed by atoms with Gasteiger partial charge in [-0.3, -0.25) is 4.79 Å². The van der Waals surface area contributed by atoms with Crippen LogP contribution >= 0.6 is 22.9 Å². The van der Waals surface area contributed by atoms with E-state index < -0.39 is 0 Å². The van der Waals surface area contributed by atoms with Crippen LogP contribution in [0.2, 0.25) is 0 Å². The molecule has 5 heteroatoms. The van der Waals surface area contributed by atoms with E-state index in [1.807, 2.05) is 17.5 Å². The maximum Gasteiger partial charge on any atom is 0.266 e. The van der Waals surface area contributed by atoms with Gasteiger partial charge in [0.05, 0.1) is 0 Å². The first kappa shape index (κ1) is 24.9. The van der Waals surface area contributed by atoms with E-state index in [0.29, 0.717) is 6.54 Å². The van der Waals surface area contributed by atoms with Gasteiger partial charge in [0.25, 0.3) is 5.56 Å². The van der Waals surface area contributed by atoms with Gasteiger partial charge in [-0.1, -0.05) is 51.3 Å². The predicted octanol–water partition coefficient (Wildman–Crippen LogP) is 6.15. The Morgan fingerprint density at radius 1 is 1.24 bits per heavy atom. The number of H-pyrrole nitrogens is 1. The summed E-state index contributed by atoms with van der Waals surface area (Å²) in [6, 6.07) is 10.6. The Balaban J connectivity index is 0.00000136. The summed E-state index contributed by atoms with van der Waals surface area (Å²) in [7, 11) is 0. The fourth-order valence-electron chi connectivity index (χ4n) is 3.33. The molecule has 0 fully saturated rings. The van der Waals surface area contributed by atoms with E-state index in [4.69, 9.17) is 5.73 Å². The third-order valence-corrected chi connectivity index (χ3v) is 5.60.